The number of phenolic OH excluding ortho intramolecular Hbond substituents is 1. The molecule has 2 aromatic carbocycles. The number of aryl methyl sites for hydroxylation is 2. The van der Waals surface area contributed by atoms with E-state index in [0.29, 0.717) is 23.9 Å². The Bertz CT molecular complexity index is 1130. The number of hydrogen-bond acceptors (Lipinski definition) is 5. The summed E-state index contributed by atoms with van der Waals surface area (Å²) in [7, 11) is 4.96. The molecule has 1 aromatic heterocycles. The van der Waals surface area contributed by atoms with Crippen LogP contribution in [0.15, 0.2) is 42.5 Å². The second-order valence-electron chi connectivity index (χ2n) is 8.28. The summed E-state index contributed by atoms with van der Waals surface area (Å²) in [6.07, 6.45) is 2.25. The number of para-hydroxylation sites is 1. The van der Waals surface area contributed by atoms with Crippen molar-refractivity contribution >= 4 is 5.91 Å². The molecule has 0 saturated heterocycles. The highest BCUT2D eigenvalue weighted by Gasteiger charge is 2.29. The number of aromatic nitrogens is 2. The number of aromatic hydroxyl groups is 1. The van der Waals surface area contributed by atoms with Gasteiger partial charge in [0.25, 0.3) is 5.91 Å². The van der Waals surface area contributed by atoms with Gasteiger partial charge in [-0.3, -0.25) is 9.48 Å². The number of phenols is 1. The van der Waals surface area contributed by atoms with Gasteiger partial charge in [0, 0.05) is 25.1 Å². The Hall–Kier alpha value is -3.48. The molecule has 1 aliphatic rings. The van der Waals surface area contributed by atoms with E-state index in [1.165, 1.54) is 7.11 Å². The first kappa shape index (κ1) is 21.7. The van der Waals surface area contributed by atoms with E-state index >= 15 is 0 Å². The maximum atomic E-state index is 13.7. The molecule has 0 atom stereocenters. The van der Waals surface area contributed by atoms with Crippen LogP contribution in [0.5, 0.6) is 17.2 Å². The summed E-state index contributed by atoms with van der Waals surface area (Å²) in [6.45, 7) is 2.69. The molecule has 0 aliphatic heterocycles. The lowest BCUT2D eigenvalue weighted by Gasteiger charge is -2.25. The van der Waals surface area contributed by atoms with E-state index in [1.54, 1.807) is 28.8 Å². The molecular weight excluding hydrogens is 406 g/mol. The number of rotatable bonds is 8. The largest absolute Gasteiger partial charge is 0.504 e. The standard InChI is InChI=1S/C25H29N3O4/c1-16-12-20(31-3)11-10-18(16)14-28(15-19-6-5-7-23(29)24(19)32-4)25(30)22-13-21(17-8-9-17)26-27(22)2/h5-7,10-13,17,29H,8-9,14-15H2,1-4H3. The number of carbonyl (C=O) groups excluding carboxylic acids is 1. The molecule has 168 valence electrons. The van der Waals surface area contributed by atoms with Crippen molar-refractivity contribution in [2.75, 3.05) is 14.2 Å². The molecule has 32 heavy (non-hydrogen) atoms. The average molecular weight is 436 g/mol. The summed E-state index contributed by atoms with van der Waals surface area (Å²) in [5.74, 6) is 1.55. The smallest absolute Gasteiger partial charge is 0.272 e. The van der Waals surface area contributed by atoms with Crippen molar-refractivity contribution in [3.05, 3.63) is 70.5 Å². The lowest BCUT2D eigenvalue weighted by molar-refractivity contribution is 0.0717. The zero-order chi connectivity index (χ0) is 22.8. The van der Waals surface area contributed by atoms with Gasteiger partial charge in [0.15, 0.2) is 11.5 Å². The van der Waals surface area contributed by atoms with Gasteiger partial charge in [0.2, 0.25) is 0 Å². The van der Waals surface area contributed by atoms with Gasteiger partial charge >= 0.3 is 0 Å². The molecule has 1 fully saturated rings. The van der Waals surface area contributed by atoms with Crippen molar-refractivity contribution < 1.29 is 19.4 Å². The van der Waals surface area contributed by atoms with Crippen molar-refractivity contribution in [2.24, 2.45) is 7.05 Å². The summed E-state index contributed by atoms with van der Waals surface area (Å²) in [5.41, 5.74) is 4.32. The van der Waals surface area contributed by atoms with Gasteiger partial charge in [-0.15, -0.1) is 0 Å². The van der Waals surface area contributed by atoms with Crippen LogP contribution in [0.3, 0.4) is 0 Å². The van der Waals surface area contributed by atoms with Crippen LogP contribution in [-0.2, 0) is 20.1 Å². The SMILES string of the molecule is COc1ccc(CN(Cc2cccc(O)c2OC)C(=O)c2cc(C3CC3)nn2C)c(C)c1. The van der Waals surface area contributed by atoms with E-state index in [2.05, 4.69) is 5.10 Å². The van der Waals surface area contributed by atoms with E-state index < -0.39 is 0 Å². The summed E-state index contributed by atoms with van der Waals surface area (Å²) < 4.78 is 12.4. The Kier molecular flexibility index (Phi) is 6.08. The first-order chi connectivity index (χ1) is 15.4. The van der Waals surface area contributed by atoms with Crippen molar-refractivity contribution in [1.82, 2.24) is 14.7 Å². The fourth-order valence-electron chi connectivity index (χ4n) is 3.95. The van der Waals surface area contributed by atoms with Crippen molar-refractivity contribution in [3.63, 3.8) is 0 Å². The van der Waals surface area contributed by atoms with E-state index in [1.807, 2.05) is 44.3 Å². The first-order valence-electron chi connectivity index (χ1n) is 10.7. The van der Waals surface area contributed by atoms with Crippen LogP contribution < -0.4 is 9.47 Å². The van der Waals surface area contributed by atoms with Crippen LogP contribution in [0.4, 0.5) is 0 Å². The van der Waals surface area contributed by atoms with Crippen LogP contribution in [0, 0.1) is 6.92 Å². The van der Waals surface area contributed by atoms with Gasteiger partial charge in [-0.05, 0) is 55.2 Å². The Morgan fingerprint density at radius 3 is 2.53 bits per heavy atom. The van der Waals surface area contributed by atoms with Crippen LogP contribution in [-0.4, -0.2) is 39.9 Å². The second kappa shape index (κ2) is 8.94. The van der Waals surface area contributed by atoms with Crippen LogP contribution in [0.2, 0.25) is 0 Å². The van der Waals surface area contributed by atoms with E-state index in [0.717, 1.165) is 41.0 Å². The molecule has 1 aliphatic carbocycles. The highest BCUT2D eigenvalue weighted by molar-refractivity contribution is 5.92. The minimum absolute atomic E-state index is 0.0505. The normalized spacial score (nSPS) is 13.1. The Morgan fingerprint density at radius 1 is 1.12 bits per heavy atom. The van der Waals surface area contributed by atoms with Gasteiger partial charge < -0.3 is 19.5 Å². The molecule has 1 saturated carbocycles. The minimum Gasteiger partial charge on any atom is -0.504 e. The summed E-state index contributed by atoms with van der Waals surface area (Å²) in [5, 5.41) is 14.8. The molecule has 0 spiro atoms. The molecular formula is C25H29N3O4. The third-order valence-corrected chi connectivity index (χ3v) is 5.95. The fourth-order valence-corrected chi connectivity index (χ4v) is 3.95. The number of carbonyl (C=O) groups is 1. The van der Waals surface area contributed by atoms with Gasteiger partial charge in [-0.1, -0.05) is 18.2 Å². The van der Waals surface area contributed by atoms with Crippen LogP contribution in [0.1, 0.15) is 51.6 Å². The van der Waals surface area contributed by atoms with Gasteiger partial charge in [-0.2, -0.15) is 5.10 Å². The van der Waals surface area contributed by atoms with E-state index in [-0.39, 0.29) is 18.2 Å². The molecule has 0 bridgehead atoms. The molecule has 1 amide bonds. The van der Waals surface area contributed by atoms with Crippen molar-refractivity contribution in [1.29, 1.82) is 0 Å². The maximum Gasteiger partial charge on any atom is 0.272 e. The number of benzene rings is 2. The molecule has 0 radical (unpaired) electrons. The summed E-state index contributed by atoms with van der Waals surface area (Å²) >= 11 is 0. The number of ether oxygens (including phenoxy) is 2. The highest BCUT2D eigenvalue weighted by Crippen LogP contribution is 2.39. The Labute approximate surface area is 188 Å². The van der Waals surface area contributed by atoms with E-state index in [4.69, 9.17) is 9.47 Å². The molecule has 4 rings (SSSR count). The third-order valence-electron chi connectivity index (χ3n) is 5.95. The molecule has 3 aromatic rings. The maximum absolute atomic E-state index is 13.7. The lowest BCUT2D eigenvalue weighted by Crippen LogP contribution is -2.32. The predicted molar refractivity (Wildman–Crippen MR) is 121 cm³/mol. The highest BCUT2D eigenvalue weighted by atomic mass is 16.5. The monoisotopic (exact) mass is 435 g/mol. The molecule has 7 heteroatoms. The average Bonchev–Trinajstić information content (AvgIpc) is 3.56. The van der Waals surface area contributed by atoms with Gasteiger partial charge in [0.1, 0.15) is 11.4 Å². The van der Waals surface area contributed by atoms with Crippen molar-refractivity contribution in [3.8, 4) is 17.2 Å². The molecule has 7 nitrogen and oxygen atoms in total. The Balaban J connectivity index is 1.69. The fraction of sp³-hybridized carbons (Fsp3) is 0.360. The second-order valence-corrected chi connectivity index (χ2v) is 8.28. The quantitative estimate of drug-likeness (QED) is 0.575. The van der Waals surface area contributed by atoms with Crippen LogP contribution >= 0.6 is 0 Å². The Morgan fingerprint density at radius 2 is 1.88 bits per heavy atom. The first-order valence-corrected chi connectivity index (χ1v) is 10.7. The number of methoxy groups -OCH3 is 2. The number of amides is 1. The topological polar surface area (TPSA) is 76.8 Å². The van der Waals surface area contributed by atoms with Crippen LogP contribution in [0.25, 0.3) is 0 Å². The third kappa shape index (κ3) is 4.42. The van der Waals surface area contributed by atoms with Crippen molar-refractivity contribution in [2.45, 2.75) is 38.8 Å². The molecule has 1 heterocycles. The summed E-state index contributed by atoms with van der Waals surface area (Å²) in [6, 6.07) is 12.9. The number of hydrogen-bond donors (Lipinski definition) is 1. The predicted octanol–water partition coefficient (Wildman–Crippen LogP) is 4.17. The molecule has 1 N–H and O–H groups in total. The van der Waals surface area contributed by atoms with E-state index in [9.17, 15) is 9.90 Å². The minimum atomic E-state index is -0.118. The zero-order valence-electron chi connectivity index (χ0n) is 19.0. The van der Waals surface area contributed by atoms with Gasteiger partial charge in [-0.25, -0.2) is 0 Å². The number of nitrogens with zero attached hydrogens (tertiary/aromatic N) is 3. The zero-order valence-corrected chi connectivity index (χ0v) is 19.0. The van der Waals surface area contributed by atoms with Gasteiger partial charge in [0.05, 0.1) is 26.5 Å². The summed E-state index contributed by atoms with van der Waals surface area (Å²) in [4.78, 5) is 15.5. The lowest BCUT2D eigenvalue weighted by atomic mass is 10.1. The molecule has 0 unspecified atom stereocenters.